The van der Waals surface area contributed by atoms with E-state index < -0.39 is 0 Å². The predicted molar refractivity (Wildman–Crippen MR) is 57.1 cm³/mol. The van der Waals surface area contributed by atoms with E-state index in [1.54, 1.807) is 6.20 Å². The molecule has 0 amide bonds. The summed E-state index contributed by atoms with van der Waals surface area (Å²) < 4.78 is 2.78. The summed E-state index contributed by atoms with van der Waals surface area (Å²) in [6, 6.07) is 2.16. The van der Waals surface area contributed by atoms with Gasteiger partial charge >= 0.3 is 0 Å². The zero-order valence-corrected chi connectivity index (χ0v) is 9.46. The van der Waals surface area contributed by atoms with E-state index in [1.807, 2.05) is 24.4 Å². The van der Waals surface area contributed by atoms with Crippen molar-refractivity contribution in [3.05, 3.63) is 33.7 Å². The van der Waals surface area contributed by atoms with Crippen molar-refractivity contribution in [2.24, 2.45) is 0 Å². The summed E-state index contributed by atoms with van der Waals surface area (Å²) in [5.74, 6) is 0. The quantitative estimate of drug-likeness (QED) is 0.721. The topological polar surface area (TPSA) is 41.1 Å². The number of halogens is 1. The largest absolute Gasteiger partial charge is 0.303 e. The van der Waals surface area contributed by atoms with E-state index in [4.69, 9.17) is 5.26 Å². The molecule has 4 heteroatoms. The van der Waals surface area contributed by atoms with E-state index >= 15 is 0 Å². The van der Waals surface area contributed by atoms with Crippen LogP contribution >= 0.6 is 15.9 Å². The first-order valence-corrected chi connectivity index (χ1v) is 4.97. The van der Waals surface area contributed by atoms with Crippen LogP contribution < -0.4 is 0 Å². The SMILES string of the molecule is Cc1c(C#N)c(Br)cn2c(C)cnc12. The zero-order valence-electron chi connectivity index (χ0n) is 7.87. The molecule has 0 fully saturated rings. The molecule has 0 aliphatic heterocycles. The van der Waals surface area contributed by atoms with Crippen molar-refractivity contribution < 1.29 is 0 Å². The minimum atomic E-state index is 0.656. The van der Waals surface area contributed by atoms with Gasteiger partial charge in [-0.25, -0.2) is 4.98 Å². The summed E-state index contributed by atoms with van der Waals surface area (Å²) in [6.45, 7) is 3.89. The van der Waals surface area contributed by atoms with Gasteiger partial charge in [0.15, 0.2) is 0 Å². The summed E-state index contributed by atoms with van der Waals surface area (Å²) in [7, 11) is 0. The van der Waals surface area contributed by atoms with Crippen LogP contribution in [0.25, 0.3) is 5.65 Å². The molecule has 70 valence electrons. The molecule has 0 spiro atoms. The highest BCUT2D eigenvalue weighted by Crippen LogP contribution is 2.23. The molecule has 0 atom stereocenters. The van der Waals surface area contributed by atoms with Crippen LogP contribution in [0.1, 0.15) is 16.8 Å². The summed E-state index contributed by atoms with van der Waals surface area (Å²) in [6.07, 6.45) is 3.68. The second-order valence-electron chi connectivity index (χ2n) is 3.18. The number of fused-ring (bicyclic) bond motifs is 1. The lowest BCUT2D eigenvalue weighted by Crippen LogP contribution is -1.94. The molecule has 0 aliphatic rings. The van der Waals surface area contributed by atoms with Gasteiger partial charge in [-0.3, -0.25) is 0 Å². The molecule has 0 unspecified atom stereocenters. The fraction of sp³-hybridized carbons (Fsp3) is 0.200. The molecular formula is C10H8BrN3. The van der Waals surface area contributed by atoms with Crippen LogP contribution in [0.3, 0.4) is 0 Å². The van der Waals surface area contributed by atoms with Crippen LogP contribution in [0.15, 0.2) is 16.9 Å². The molecule has 3 nitrogen and oxygen atoms in total. The van der Waals surface area contributed by atoms with Gasteiger partial charge in [0.05, 0.1) is 10.0 Å². The average molecular weight is 250 g/mol. The van der Waals surface area contributed by atoms with Gasteiger partial charge in [-0.05, 0) is 29.8 Å². The van der Waals surface area contributed by atoms with Gasteiger partial charge in [0.25, 0.3) is 0 Å². The van der Waals surface area contributed by atoms with E-state index in [1.165, 1.54) is 0 Å². The van der Waals surface area contributed by atoms with Crippen LogP contribution in [0.2, 0.25) is 0 Å². The highest BCUT2D eigenvalue weighted by atomic mass is 79.9. The molecule has 0 saturated heterocycles. The smallest absolute Gasteiger partial charge is 0.141 e. The van der Waals surface area contributed by atoms with Gasteiger partial charge in [0.1, 0.15) is 11.7 Å². The van der Waals surface area contributed by atoms with E-state index in [-0.39, 0.29) is 0 Å². The number of aryl methyl sites for hydroxylation is 2. The molecule has 0 aliphatic carbocycles. The van der Waals surface area contributed by atoms with E-state index in [0.717, 1.165) is 21.4 Å². The van der Waals surface area contributed by atoms with Crippen LogP contribution in [-0.2, 0) is 0 Å². The van der Waals surface area contributed by atoms with Crippen molar-refractivity contribution >= 4 is 21.6 Å². The summed E-state index contributed by atoms with van der Waals surface area (Å²) in [5.41, 5.74) is 3.48. The molecule has 0 bridgehead atoms. The number of nitriles is 1. The molecule has 0 aromatic carbocycles. The molecule has 2 heterocycles. The highest BCUT2D eigenvalue weighted by Gasteiger charge is 2.10. The average Bonchev–Trinajstić information content (AvgIpc) is 2.49. The summed E-state index contributed by atoms with van der Waals surface area (Å²) in [5, 5.41) is 8.95. The minimum absolute atomic E-state index is 0.656. The van der Waals surface area contributed by atoms with Crippen LogP contribution in [0.5, 0.6) is 0 Å². The zero-order chi connectivity index (χ0) is 10.3. The standard InChI is InChI=1S/C10H8BrN3/c1-6-4-13-10-7(2)8(3-12)9(11)5-14(6)10/h4-5H,1-2H3. The lowest BCUT2D eigenvalue weighted by atomic mass is 10.2. The Balaban J connectivity index is 2.96. The van der Waals surface area contributed by atoms with E-state index in [0.29, 0.717) is 5.56 Å². The summed E-state index contributed by atoms with van der Waals surface area (Å²) in [4.78, 5) is 4.26. The van der Waals surface area contributed by atoms with Gasteiger partial charge in [-0.15, -0.1) is 0 Å². The molecule has 0 N–H and O–H groups in total. The van der Waals surface area contributed by atoms with Gasteiger partial charge in [0.2, 0.25) is 0 Å². The first-order chi connectivity index (χ1) is 6.65. The Morgan fingerprint density at radius 2 is 2.21 bits per heavy atom. The Hall–Kier alpha value is -1.34. The number of aromatic nitrogens is 2. The maximum Gasteiger partial charge on any atom is 0.141 e. The number of nitrogens with zero attached hydrogens (tertiary/aromatic N) is 3. The van der Waals surface area contributed by atoms with Crippen LogP contribution in [0, 0.1) is 25.2 Å². The molecule has 0 saturated carbocycles. The Kier molecular flexibility index (Phi) is 2.05. The maximum absolute atomic E-state index is 8.95. The number of imidazole rings is 1. The third-order valence-corrected chi connectivity index (χ3v) is 2.89. The van der Waals surface area contributed by atoms with E-state index in [9.17, 15) is 0 Å². The van der Waals surface area contributed by atoms with Crippen molar-refractivity contribution in [3.8, 4) is 6.07 Å². The second kappa shape index (κ2) is 3.10. The first-order valence-electron chi connectivity index (χ1n) is 4.18. The molecule has 0 radical (unpaired) electrons. The fourth-order valence-corrected chi connectivity index (χ4v) is 2.08. The predicted octanol–water partition coefficient (Wildman–Crippen LogP) is 2.59. The number of hydrogen-bond donors (Lipinski definition) is 0. The molecule has 2 rings (SSSR count). The summed E-state index contributed by atoms with van der Waals surface area (Å²) >= 11 is 3.38. The Morgan fingerprint density at radius 1 is 1.50 bits per heavy atom. The van der Waals surface area contributed by atoms with Gasteiger partial charge in [-0.1, -0.05) is 0 Å². The van der Waals surface area contributed by atoms with Crippen LogP contribution in [0.4, 0.5) is 0 Å². The van der Waals surface area contributed by atoms with Crippen molar-refractivity contribution in [1.82, 2.24) is 9.38 Å². The molecule has 2 aromatic rings. The minimum Gasteiger partial charge on any atom is -0.303 e. The monoisotopic (exact) mass is 249 g/mol. The fourth-order valence-electron chi connectivity index (χ4n) is 1.49. The Labute approximate surface area is 90.1 Å². The van der Waals surface area contributed by atoms with Crippen molar-refractivity contribution in [3.63, 3.8) is 0 Å². The first kappa shape index (κ1) is 9.22. The molecular weight excluding hydrogens is 242 g/mol. The van der Waals surface area contributed by atoms with Gasteiger partial charge in [0, 0.05) is 23.7 Å². The lowest BCUT2D eigenvalue weighted by Gasteiger charge is -2.04. The van der Waals surface area contributed by atoms with E-state index in [2.05, 4.69) is 27.0 Å². The lowest BCUT2D eigenvalue weighted by molar-refractivity contribution is 1.08. The van der Waals surface area contributed by atoms with Crippen molar-refractivity contribution in [1.29, 1.82) is 5.26 Å². The second-order valence-corrected chi connectivity index (χ2v) is 4.04. The van der Waals surface area contributed by atoms with Crippen molar-refractivity contribution in [2.75, 3.05) is 0 Å². The Bertz CT molecular complexity index is 548. The Morgan fingerprint density at radius 3 is 2.86 bits per heavy atom. The normalized spacial score (nSPS) is 10.4. The van der Waals surface area contributed by atoms with Gasteiger partial charge < -0.3 is 4.40 Å². The number of rotatable bonds is 0. The number of pyridine rings is 1. The maximum atomic E-state index is 8.95. The number of hydrogen-bond acceptors (Lipinski definition) is 2. The highest BCUT2D eigenvalue weighted by molar-refractivity contribution is 9.10. The van der Waals surface area contributed by atoms with Crippen LogP contribution in [-0.4, -0.2) is 9.38 Å². The molecule has 14 heavy (non-hydrogen) atoms. The third-order valence-electron chi connectivity index (χ3n) is 2.29. The molecule has 2 aromatic heterocycles. The van der Waals surface area contributed by atoms with Crippen molar-refractivity contribution in [2.45, 2.75) is 13.8 Å². The van der Waals surface area contributed by atoms with Gasteiger partial charge in [-0.2, -0.15) is 5.26 Å². The third kappa shape index (κ3) is 1.13.